The maximum atomic E-state index is 13.3. The number of hydrogen-bond donors (Lipinski definition) is 1. The average molecular weight is 492 g/mol. The number of carbonyl (C=O) groups is 1. The number of ether oxygens (including phenoxy) is 1. The standard InChI is InChI=1S/C24H24Cl2FN3O3/c25-20-8-5-17(10-21(20)26)13-30(12-16-3-6-18(27)7-4-16)14-23-29-22(15-33-23)24(31)28-11-19-2-1-9-32-19/h3-8,10,15,19H,1-2,9,11-14H2,(H,28,31). The summed E-state index contributed by atoms with van der Waals surface area (Å²) in [5, 5.41) is 3.79. The molecule has 1 unspecified atom stereocenters. The predicted molar refractivity (Wildman–Crippen MR) is 124 cm³/mol. The summed E-state index contributed by atoms with van der Waals surface area (Å²) in [6, 6.07) is 11.8. The third-order valence-electron chi connectivity index (χ3n) is 5.37. The third-order valence-corrected chi connectivity index (χ3v) is 6.11. The van der Waals surface area contributed by atoms with Crippen LogP contribution in [0.25, 0.3) is 0 Å². The summed E-state index contributed by atoms with van der Waals surface area (Å²) in [6.45, 7) is 2.57. The molecule has 0 bridgehead atoms. The summed E-state index contributed by atoms with van der Waals surface area (Å²) in [5.41, 5.74) is 2.10. The van der Waals surface area contributed by atoms with Crippen LogP contribution in [0.4, 0.5) is 4.39 Å². The van der Waals surface area contributed by atoms with Crippen molar-refractivity contribution in [2.24, 2.45) is 0 Å². The van der Waals surface area contributed by atoms with Gasteiger partial charge in [-0.15, -0.1) is 0 Å². The zero-order valence-corrected chi connectivity index (χ0v) is 19.4. The average Bonchev–Trinajstić information content (AvgIpc) is 3.48. The lowest BCUT2D eigenvalue weighted by molar-refractivity contribution is 0.0853. The molecular weight excluding hydrogens is 468 g/mol. The van der Waals surface area contributed by atoms with E-state index in [4.69, 9.17) is 32.4 Å². The van der Waals surface area contributed by atoms with Gasteiger partial charge in [-0.1, -0.05) is 41.4 Å². The largest absolute Gasteiger partial charge is 0.447 e. The van der Waals surface area contributed by atoms with Gasteiger partial charge < -0.3 is 14.5 Å². The van der Waals surface area contributed by atoms with Gasteiger partial charge in [0, 0.05) is 26.2 Å². The van der Waals surface area contributed by atoms with Crippen LogP contribution in [-0.2, 0) is 24.4 Å². The maximum absolute atomic E-state index is 13.3. The van der Waals surface area contributed by atoms with E-state index < -0.39 is 0 Å². The molecule has 1 amide bonds. The van der Waals surface area contributed by atoms with E-state index >= 15 is 0 Å². The number of aromatic nitrogens is 1. The molecule has 1 fully saturated rings. The van der Waals surface area contributed by atoms with Crippen LogP contribution >= 0.6 is 23.2 Å². The molecule has 1 atom stereocenters. The van der Waals surface area contributed by atoms with E-state index in [0.717, 1.165) is 30.6 Å². The zero-order chi connectivity index (χ0) is 23.2. The highest BCUT2D eigenvalue weighted by molar-refractivity contribution is 6.42. The lowest BCUT2D eigenvalue weighted by Gasteiger charge is -2.21. The van der Waals surface area contributed by atoms with E-state index in [1.54, 1.807) is 24.3 Å². The maximum Gasteiger partial charge on any atom is 0.273 e. The van der Waals surface area contributed by atoms with Gasteiger partial charge in [-0.25, -0.2) is 9.37 Å². The van der Waals surface area contributed by atoms with Crippen LogP contribution in [0.3, 0.4) is 0 Å². The molecule has 2 aromatic carbocycles. The summed E-state index contributed by atoms with van der Waals surface area (Å²) in [5.74, 6) is -0.185. The van der Waals surface area contributed by atoms with Crippen molar-refractivity contribution in [1.29, 1.82) is 0 Å². The van der Waals surface area contributed by atoms with Crippen LogP contribution in [0.5, 0.6) is 0 Å². The van der Waals surface area contributed by atoms with Gasteiger partial charge >= 0.3 is 0 Å². The van der Waals surface area contributed by atoms with Crippen LogP contribution in [0.2, 0.25) is 10.0 Å². The van der Waals surface area contributed by atoms with Gasteiger partial charge in [-0.05, 0) is 48.2 Å². The second-order valence-electron chi connectivity index (χ2n) is 7.99. The molecule has 1 aliphatic heterocycles. The number of nitrogens with zero attached hydrogens (tertiary/aromatic N) is 2. The highest BCUT2D eigenvalue weighted by Gasteiger charge is 2.19. The Morgan fingerprint density at radius 2 is 1.85 bits per heavy atom. The van der Waals surface area contributed by atoms with Crippen LogP contribution < -0.4 is 5.32 Å². The second kappa shape index (κ2) is 11.1. The number of nitrogens with one attached hydrogen (secondary N) is 1. The van der Waals surface area contributed by atoms with Crippen molar-refractivity contribution < 1.29 is 18.3 Å². The minimum atomic E-state index is -0.296. The van der Waals surface area contributed by atoms with Gasteiger partial charge in [0.25, 0.3) is 5.91 Å². The minimum Gasteiger partial charge on any atom is -0.447 e. The predicted octanol–water partition coefficient (Wildman–Crippen LogP) is 5.23. The number of carbonyl (C=O) groups excluding carboxylic acids is 1. The first-order chi connectivity index (χ1) is 16.0. The van der Waals surface area contributed by atoms with Crippen LogP contribution in [-0.4, -0.2) is 35.0 Å². The Morgan fingerprint density at radius 1 is 1.09 bits per heavy atom. The van der Waals surface area contributed by atoms with Gasteiger partial charge in [0.05, 0.1) is 22.7 Å². The fourth-order valence-electron chi connectivity index (χ4n) is 3.69. The quantitative estimate of drug-likeness (QED) is 0.443. The number of amides is 1. The van der Waals surface area contributed by atoms with E-state index in [2.05, 4.69) is 15.2 Å². The molecule has 1 aliphatic rings. The van der Waals surface area contributed by atoms with Gasteiger partial charge in [0.2, 0.25) is 5.89 Å². The normalized spacial score (nSPS) is 15.8. The summed E-state index contributed by atoms with van der Waals surface area (Å²) in [6.07, 6.45) is 3.36. The minimum absolute atomic E-state index is 0.0534. The zero-order valence-electron chi connectivity index (χ0n) is 17.9. The topological polar surface area (TPSA) is 67.6 Å². The molecule has 174 valence electrons. The lowest BCUT2D eigenvalue weighted by Crippen LogP contribution is -2.32. The molecule has 3 aromatic rings. The molecule has 1 aromatic heterocycles. The molecule has 2 heterocycles. The van der Waals surface area contributed by atoms with Crippen molar-refractivity contribution in [3.63, 3.8) is 0 Å². The monoisotopic (exact) mass is 491 g/mol. The number of halogens is 3. The fourth-order valence-corrected chi connectivity index (χ4v) is 4.01. The number of rotatable bonds is 9. The molecule has 33 heavy (non-hydrogen) atoms. The molecule has 9 heteroatoms. The van der Waals surface area contributed by atoms with Crippen molar-refractivity contribution in [3.8, 4) is 0 Å². The molecule has 4 rings (SSSR count). The SMILES string of the molecule is O=C(NCC1CCCO1)c1coc(CN(Cc2ccc(F)cc2)Cc2ccc(Cl)c(Cl)c2)n1. The number of hydrogen-bond acceptors (Lipinski definition) is 5. The molecule has 1 N–H and O–H groups in total. The van der Waals surface area contributed by atoms with Crippen molar-refractivity contribution in [1.82, 2.24) is 15.2 Å². The van der Waals surface area contributed by atoms with E-state index in [-0.39, 0.29) is 23.5 Å². The Balaban J connectivity index is 1.44. The summed E-state index contributed by atoms with van der Waals surface area (Å²) in [7, 11) is 0. The number of oxazole rings is 1. The summed E-state index contributed by atoms with van der Waals surface area (Å²) >= 11 is 12.2. The van der Waals surface area contributed by atoms with E-state index in [1.807, 2.05) is 6.07 Å². The molecule has 0 aliphatic carbocycles. The Bertz CT molecular complexity index is 1080. The Kier molecular flexibility index (Phi) is 7.98. The molecule has 0 radical (unpaired) electrons. The fraction of sp³-hybridized carbons (Fsp3) is 0.333. The van der Waals surface area contributed by atoms with E-state index in [1.165, 1.54) is 18.4 Å². The first kappa shape index (κ1) is 23.7. The Hall–Kier alpha value is -2.45. The van der Waals surface area contributed by atoms with E-state index in [9.17, 15) is 9.18 Å². The number of benzene rings is 2. The highest BCUT2D eigenvalue weighted by Crippen LogP contribution is 2.24. The highest BCUT2D eigenvalue weighted by atomic mass is 35.5. The second-order valence-corrected chi connectivity index (χ2v) is 8.81. The van der Waals surface area contributed by atoms with Gasteiger partial charge in [-0.3, -0.25) is 9.69 Å². The summed E-state index contributed by atoms with van der Waals surface area (Å²) < 4.78 is 24.4. The lowest BCUT2D eigenvalue weighted by atomic mass is 10.1. The molecule has 6 nitrogen and oxygen atoms in total. The van der Waals surface area contributed by atoms with Crippen molar-refractivity contribution in [3.05, 3.63) is 87.3 Å². The smallest absolute Gasteiger partial charge is 0.273 e. The summed E-state index contributed by atoms with van der Waals surface area (Å²) in [4.78, 5) is 18.8. The Labute approximate surface area is 201 Å². The molecule has 0 saturated carbocycles. The van der Waals surface area contributed by atoms with Crippen molar-refractivity contribution in [2.45, 2.75) is 38.6 Å². The van der Waals surface area contributed by atoms with Crippen molar-refractivity contribution >= 4 is 29.1 Å². The first-order valence-corrected chi connectivity index (χ1v) is 11.5. The van der Waals surface area contributed by atoms with Crippen molar-refractivity contribution in [2.75, 3.05) is 13.2 Å². The van der Waals surface area contributed by atoms with E-state index in [0.29, 0.717) is 42.1 Å². The third kappa shape index (κ3) is 6.77. The van der Waals surface area contributed by atoms with Crippen LogP contribution in [0.1, 0.15) is 40.3 Å². The van der Waals surface area contributed by atoms with Gasteiger partial charge in [0.1, 0.15) is 12.1 Å². The molecular formula is C24H24Cl2FN3O3. The van der Waals surface area contributed by atoms with Gasteiger partial charge in [0.15, 0.2) is 5.69 Å². The first-order valence-electron chi connectivity index (χ1n) is 10.7. The molecule has 1 saturated heterocycles. The van der Waals surface area contributed by atoms with Crippen LogP contribution in [0, 0.1) is 5.82 Å². The van der Waals surface area contributed by atoms with Crippen LogP contribution in [0.15, 0.2) is 53.1 Å². The van der Waals surface area contributed by atoms with Gasteiger partial charge in [-0.2, -0.15) is 0 Å². The molecule has 0 spiro atoms. The Morgan fingerprint density at radius 3 is 2.58 bits per heavy atom.